The summed E-state index contributed by atoms with van der Waals surface area (Å²) >= 11 is 0. The Morgan fingerprint density at radius 2 is 1.19 bits per heavy atom. The van der Waals surface area contributed by atoms with E-state index in [0.717, 1.165) is 6.92 Å². The molecule has 37 heavy (non-hydrogen) atoms. The molecule has 17 heteroatoms. The van der Waals surface area contributed by atoms with Crippen molar-refractivity contribution in [2.45, 2.75) is 99.0 Å². The molecule has 3 fully saturated rings. The highest BCUT2D eigenvalue weighted by Gasteiger charge is 2.53. The maximum Gasteiger partial charge on any atom is 0.217 e. The summed E-state index contributed by atoms with van der Waals surface area (Å²) in [5.74, 6) is -0.652. The van der Waals surface area contributed by atoms with E-state index in [9.17, 15) is 55.9 Å². The number of nitrogens with one attached hydrogen (secondary N) is 1. The SMILES string of the molecule is CC(=O)N[C@H]1[C@@H](O[C@H]2[C@@H](O)[C@@H](CO)O[C@@H](O[C@H]3[C@H](O)[C@@H](O)[C@@H](O)O[C@@H]3CO)[C@@H]2O)O[C@H](CO)[C@H](O)[C@@H]1O. The van der Waals surface area contributed by atoms with Gasteiger partial charge in [-0.05, 0) is 0 Å². The van der Waals surface area contributed by atoms with Crippen LogP contribution in [-0.4, -0.2) is 169 Å². The maximum absolute atomic E-state index is 11.7. The fourth-order valence-corrected chi connectivity index (χ4v) is 4.46. The van der Waals surface area contributed by atoms with Gasteiger partial charge >= 0.3 is 0 Å². The molecule has 0 aromatic carbocycles. The Morgan fingerprint density at radius 1 is 0.649 bits per heavy atom. The number of amides is 1. The Balaban J connectivity index is 1.83. The standard InChI is InChI=1S/C20H35NO16/c1-5(25)21-9-12(28)10(26)6(2-22)34-19(9)37-17-11(27)7(3-23)35-20(15(17)31)36-16-8(4-24)33-18(32)14(30)13(16)29/h6-20,22-24,26-32H,2-4H2,1H3,(H,21,25)/t6-,7-,8-,9-,10+,11+,12-,13-,14-,15-,16-,17+,18+,19-,20+/m1/s1. The topological polar surface area (TPSA) is 278 Å². The zero-order chi connectivity index (χ0) is 27.6. The molecule has 3 aliphatic rings. The highest BCUT2D eigenvalue weighted by Crippen LogP contribution is 2.32. The lowest BCUT2D eigenvalue weighted by atomic mass is 9.95. The summed E-state index contributed by atoms with van der Waals surface area (Å²) in [7, 11) is 0. The van der Waals surface area contributed by atoms with Crippen LogP contribution in [0.1, 0.15) is 6.92 Å². The van der Waals surface area contributed by atoms with Crippen LogP contribution < -0.4 is 5.32 Å². The second-order valence-corrected chi connectivity index (χ2v) is 9.07. The largest absolute Gasteiger partial charge is 0.394 e. The first kappa shape index (κ1) is 30.4. The molecule has 17 nitrogen and oxygen atoms in total. The number of hydrogen-bond donors (Lipinski definition) is 11. The van der Waals surface area contributed by atoms with E-state index < -0.39 is 118 Å². The van der Waals surface area contributed by atoms with E-state index in [1.54, 1.807) is 0 Å². The van der Waals surface area contributed by atoms with Crippen LogP contribution in [0.4, 0.5) is 0 Å². The molecule has 3 aliphatic heterocycles. The second kappa shape index (κ2) is 12.8. The van der Waals surface area contributed by atoms with Gasteiger partial charge in [0, 0.05) is 6.92 Å². The van der Waals surface area contributed by atoms with Crippen molar-refractivity contribution < 1.29 is 79.5 Å². The predicted octanol–water partition coefficient (Wildman–Crippen LogP) is -7.43. The summed E-state index contributed by atoms with van der Waals surface area (Å²) in [5.41, 5.74) is 0. The molecule has 3 saturated heterocycles. The Morgan fingerprint density at radius 3 is 1.76 bits per heavy atom. The smallest absolute Gasteiger partial charge is 0.217 e. The Hall–Kier alpha value is -1.13. The molecule has 0 saturated carbocycles. The van der Waals surface area contributed by atoms with Gasteiger partial charge in [0.25, 0.3) is 0 Å². The van der Waals surface area contributed by atoms with Gasteiger partial charge in [0.2, 0.25) is 5.91 Å². The molecule has 3 rings (SSSR count). The molecular weight excluding hydrogens is 510 g/mol. The first-order chi connectivity index (χ1) is 17.4. The molecule has 216 valence electrons. The number of carbonyl (C=O) groups excluding carboxylic acids is 1. The van der Waals surface area contributed by atoms with Crippen LogP contribution in [0, 0.1) is 0 Å². The Bertz CT molecular complexity index is 745. The van der Waals surface area contributed by atoms with Gasteiger partial charge in [0.05, 0.1) is 19.8 Å². The molecular formula is C20H35NO16. The molecule has 3 heterocycles. The molecule has 0 bridgehead atoms. The molecule has 11 N–H and O–H groups in total. The van der Waals surface area contributed by atoms with Crippen LogP contribution in [0.15, 0.2) is 0 Å². The van der Waals surface area contributed by atoms with Crippen molar-refractivity contribution in [1.82, 2.24) is 5.32 Å². The zero-order valence-electron chi connectivity index (χ0n) is 19.7. The lowest BCUT2D eigenvalue weighted by molar-refractivity contribution is -0.373. The lowest BCUT2D eigenvalue weighted by Crippen LogP contribution is -2.68. The van der Waals surface area contributed by atoms with Gasteiger partial charge in [0.1, 0.15) is 73.2 Å². The van der Waals surface area contributed by atoms with Crippen LogP contribution in [0.5, 0.6) is 0 Å². The molecule has 0 aromatic heterocycles. The van der Waals surface area contributed by atoms with Crippen molar-refractivity contribution in [3.8, 4) is 0 Å². The third kappa shape index (κ3) is 6.38. The average Bonchev–Trinajstić information content (AvgIpc) is 2.86. The van der Waals surface area contributed by atoms with E-state index in [4.69, 9.17) is 23.7 Å². The third-order valence-electron chi connectivity index (χ3n) is 6.49. The monoisotopic (exact) mass is 545 g/mol. The summed E-state index contributed by atoms with van der Waals surface area (Å²) in [6.07, 6.45) is -23.4. The molecule has 0 spiro atoms. The minimum atomic E-state index is -1.91. The van der Waals surface area contributed by atoms with Crippen LogP contribution >= 0.6 is 0 Å². The summed E-state index contributed by atoms with van der Waals surface area (Å²) in [6.45, 7) is -1.25. The predicted molar refractivity (Wildman–Crippen MR) is 113 cm³/mol. The molecule has 0 radical (unpaired) electrons. The minimum absolute atomic E-state index is 0.652. The Labute approximate surface area is 210 Å². The first-order valence-corrected chi connectivity index (χ1v) is 11.6. The molecule has 0 unspecified atom stereocenters. The zero-order valence-corrected chi connectivity index (χ0v) is 19.7. The fraction of sp³-hybridized carbons (Fsp3) is 0.950. The van der Waals surface area contributed by atoms with Gasteiger partial charge in [-0.3, -0.25) is 4.79 Å². The quantitative estimate of drug-likeness (QED) is 0.135. The lowest BCUT2D eigenvalue weighted by Gasteiger charge is -2.48. The molecule has 0 aliphatic carbocycles. The molecule has 1 amide bonds. The van der Waals surface area contributed by atoms with Gasteiger partial charge in [0.15, 0.2) is 18.9 Å². The summed E-state index contributed by atoms with van der Waals surface area (Å²) in [4.78, 5) is 11.7. The number of rotatable bonds is 8. The maximum atomic E-state index is 11.7. The van der Waals surface area contributed by atoms with E-state index >= 15 is 0 Å². The molecule has 15 atom stereocenters. The number of aliphatic hydroxyl groups is 10. The van der Waals surface area contributed by atoms with Crippen molar-refractivity contribution in [3.05, 3.63) is 0 Å². The molecule has 0 aromatic rings. The first-order valence-electron chi connectivity index (χ1n) is 11.6. The van der Waals surface area contributed by atoms with Gasteiger partial charge in [-0.25, -0.2) is 0 Å². The number of ether oxygens (including phenoxy) is 5. The second-order valence-electron chi connectivity index (χ2n) is 9.07. The van der Waals surface area contributed by atoms with Gasteiger partial charge < -0.3 is 80.1 Å². The van der Waals surface area contributed by atoms with Gasteiger partial charge in [-0.1, -0.05) is 0 Å². The van der Waals surface area contributed by atoms with Crippen LogP contribution in [0.2, 0.25) is 0 Å². The van der Waals surface area contributed by atoms with Crippen LogP contribution in [0.25, 0.3) is 0 Å². The van der Waals surface area contributed by atoms with Gasteiger partial charge in [-0.15, -0.1) is 0 Å². The highest BCUT2D eigenvalue weighted by atomic mass is 16.7. The van der Waals surface area contributed by atoms with Crippen molar-refractivity contribution >= 4 is 5.91 Å². The van der Waals surface area contributed by atoms with Crippen LogP contribution in [0.3, 0.4) is 0 Å². The fourth-order valence-electron chi connectivity index (χ4n) is 4.46. The van der Waals surface area contributed by atoms with E-state index in [1.165, 1.54) is 0 Å². The number of carbonyl (C=O) groups is 1. The van der Waals surface area contributed by atoms with Crippen LogP contribution in [-0.2, 0) is 28.5 Å². The van der Waals surface area contributed by atoms with Crippen molar-refractivity contribution in [2.75, 3.05) is 19.8 Å². The summed E-state index contributed by atoms with van der Waals surface area (Å²) < 4.78 is 27.0. The van der Waals surface area contributed by atoms with Crippen molar-refractivity contribution in [3.63, 3.8) is 0 Å². The van der Waals surface area contributed by atoms with E-state index in [2.05, 4.69) is 5.32 Å². The summed E-state index contributed by atoms with van der Waals surface area (Å²) in [6, 6.07) is -1.42. The number of hydrogen-bond acceptors (Lipinski definition) is 16. The van der Waals surface area contributed by atoms with Crippen molar-refractivity contribution in [2.24, 2.45) is 0 Å². The third-order valence-corrected chi connectivity index (χ3v) is 6.49. The highest BCUT2D eigenvalue weighted by molar-refractivity contribution is 5.73. The summed E-state index contributed by atoms with van der Waals surface area (Å²) in [5, 5.41) is 103. The van der Waals surface area contributed by atoms with E-state index in [1.807, 2.05) is 0 Å². The number of aliphatic hydroxyl groups excluding tert-OH is 10. The average molecular weight is 545 g/mol. The Kier molecular flexibility index (Phi) is 10.5. The van der Waals surface area contributed by atoms with Gasteiger partial charge in [-0.2, -0.15) is 0 Å². The minimum Gasteiger partial charge on any atom is -0.394 e. The van der Waals surface area contributed by atoms with E-state index in [-0.39, 0.29) is 0 Å². The normalized spacial score (nSPS) is 49.0. The van der Waals surface area contributed by atoms with E-state index in [0.29, 0.717) is 0 Å². The van der Waals surface area contributed by atoms with Crippen molar-refractivity contribution in [1.29, 1.82) is 0 Å².